The number of aromatic nitrogens is 3. The molecule has 4 aromatic carbocycles. The number of fused-ring (bicyclic) bond motifs is 2. The summed E-state index contributed by atoms with van der Waals surface area (Å²) >= 11 is 1.14. The molecule has 0 fully saturated rings. The Balaban J connectivity index is 1.60. The average Bonchev–Trinajstić information content (AvgIpc) is 3.60. The van der Waals surface area contributed by atoms with Gasteiger partial charge in [0.1, 0.15) is 17.3 Å². The molecule has 0 bridgehead atoms. The first-order chi connectivity index (χ1) is 21.0. The van der Waals surface area contributed by atoms with Crippen LogP contribution in [0.1, 0.15) is 22.8 Å². The number of urea groups is 1. The van der Waals surface area contributed by atoms with Gasteiger partial charge in [-0.05, 0) is 60.5 Å². The zero-order chi connectivity index (χ0) is 29.9. The lowest BCUT2D eigenvalue weighted by Gasteiger charge is -2.21. The third kappa shape index (κ3) is 5.41. The predicted molar refractivity (Wildman–Crippen MR) is 165 cm³/mol. The van der Waals surface area contributed by atoms with Crippen molar-refractivity contribution in [2.24, 2.45) is 5.73 Å². The highest BCUT2D eigenvalue weighted by molar-refractivity contribution is 7.00. The number of carbonyl (C=O) groups is 3. The van der Waals surface area contributed by atoms with E-state index in [4.69, 9.17) is 15.2 Å². The summed E-state index contributed by atoms with van der Waals surface area (Å²) in [4.78, 5) is 38.3. The lowest BCUT2D eigenvalue weighted by molar-refractivity contribution is 0.101. The Morgan fingerprint density at radius 2 is 1.70 bits per heavy atom. The SMILES string of the molecule is CCOC(=O)Oc1c(-c2ccc(C=O)cc2)c2cc(N(C(N)=O)c3ccccc3)ccc2n1Cc1ccc2nsnc2c1. The summed E-state index contributed by atoms with van der Waals surface area (Å²) in [6.45, 7) is 2.15. The van der Waals surface area contributed by atoms with Crippen molar-refractivity contribution in [3.8, 4) is 17.0 Å². The van der Waals surface area contributed by atoms with Gasteiger partial charge in [0.2, 0.25) is 5.88 Å². The quantitative estimate of drug-likeness (QED) is 0.150. The number of primary amides is 1. The maximum Gasteiger partial charge on any atom is 0.515 e. The number of benzene rings is 4. The van der Waals surface area contributed by atoms with Crippen molar-refractivity contribution < 1.29 is 23.9 Å². The van der Waals surface area contributed by atoms with E-state index in [0.717, 1.165) is 40.1 Å². The molecule has 2 N–H and O–H groups in total. The maximum atomic E-state index is 12.8. The Bertz CT molecular complexity index is 1970. The van der Waals surface area contributed by atoms with E-state index in [2.05, 4.69) is 8.75 Å². The van der Waals surface area contributed by atoms with Gasteiger partial charge in [0.05, 0.1) is 47.3 Å². The number of carbonyl (C=O) groups excluding carboxylic acids is 3. The number of ether oxygens (including phenoxy) is 2. The van der Waals surface area contributed by atoms with Gasteiger partial charge in [-0.1, -0.05) is 48.5 Å². The zero-order valence-electron chi connectivity index (χ0n) is 23.0. The second kappa shape index (κ2) is 11.7. The summed E-state index contributed by atoms with van der Waals surface area (Å²) in [5.41, 5.74) is 11.9. The van der Waals surface area contributed by atoms with E-state index in [9.17, 15) is 14.4 Å². The summed E-state index contributed by atoms with van der Waals surface area (Å²) in [5, 5.41) is 0.689. The number of anilines is 2. The maximum absolute atomic E-state index is 12.8. The summed E-state index contributed by atoms with van der Waals surface area (Å²) < 4.78 is 21.6. The fourth-order valence-electron chi connectivity index (χ4n) is 5.04. The molecule has 43 heavy (non-hydrogen) atoms. The third-order valence-electron chi connectivity index (χ3n) is 6.93. The topological polar surface area (TPSA) is 130 Å². The van der Waals surface area contributed by atoms with Crippen LogP contribution in [-0.4, -0.2) is 38.4 Å². The van der Waals surface area contributed by atoms with Gasteiger partial charge in [0.15, 0.2) is 0 Å². The zero-order valence-corrected chi connectivity index (χ0v) is 23.8. The first-order valence-electron chi connectivity index (χ1n) is 13.4. The van der Waals surface area contributed by atoms with Gasteiger partial charge in [0, 0.05) is 10.9 Å². The van der Waals surface area contributed by atoms with Crippen LogP contribution in [0.4, 0.5) is 21.0 Å². The second-order valence-electron chi connectivity index (χ2n) is 9.59. The normalized spacial score (nSPS) is 11.0. The van der Waals surface area contributed by atoms with Crippen molar-refractivity contribution in [1.82, 2.24) is 13.3 Å². The summed E-state index contributed by atoms with van der Waals surface area (Å²) in [6.07, 6.45) is -0.102. The van der Waals surface area contributed by atoms with Crippen LogP contribution in [0.3, 0.4) is 0 Å². The van der Waals surface area contributed by atoms with Crippen LogP contribution in [0, 0.1) is 0 Å². The molecule has 0 aliphatic carbocycles. The molecule has 2 amide bonds. The fraction of sp³-hybridized carbons (Fsp3) is 0.0938. The van der Waals surface area contributed by atoms with E-state index >= 15 is 0 Å². The molecule has 6 aromatic rings. The molecular weight excluding hydrogens is 566 g/mol. The van der Waals surface area contributed by atoms with Crippen LogP contribution in [0.25, 0.3) is 33.1 Å². The first-order valence-corrected chi connectivity index (χ1v) is 14.1. The Morgan fingerprint density at radius 3 is 2.42 bits per heavy atom. The van der Waals surface area contributed by atoms with Gasteiger partial charge < -0.3 is 19.8 Å². The van der Waals surface area contributed by atoms with Crippen molar-refractivity contribution in [1.29, 1.82) is 0 Å². The van der Waals surface area contributed by atoms with Crippen LogP contribution in [0.2, 0.25) is 0 Å². The number of nitrogens with two attached hydrogens (primary N) is 1. The molecule has 0 aliphatic heterocycles. The molecule has 2 heterocycles. The van der Waals surface area contributed by atoms with Crippen LogP contribution < -0.4 is 15.4 Å². The number of hydrogen-bond donors (Lipinski definition) is 1. The highest BCUT2D eigenvalue weighted by Crippen LogP contribution is 2.43. The lowest BCUT2D eigenvalue weighted by Crippen LogP contribution is -2.31. The number of rotatable bonds is 8. The molecule has 0 atom stereocenters. The van der Waals surface area contributed by atoms with Crippen LogP contribution >= 0.6 is 11.7 Å². The summed E-state index contributed by atoms with van der Waals surface area (Å²) in [7, 11) is 0. The van der Waals surface area contributed by atoms with E-state index in [1.807, 2.05) is 53.1 Å². The Kier molecular flexibility index (Phi) is 7.54. The van der Waals surface area contributed by atoms with Gasteiger partial charge in [0.25, 0.3) is 0 Å². The van der Waals surface area contributed by atoms with E-state index in [-0.39, 0.29) is 12.5 Å². The van der Waals surface area contributed by atoms with E-state index in [0.29, 0.717) is 40.0 Å². The minimum Gasteiger partial charge on any atom is -0.434 e. The molecule has 0 unspecified atom stereocenters. The summed E-state index contributed by atoms with van der Waals surface area (Å²) in [5.74, 6) is 0.242. The van der Waals surface area contributed by atoms with Crippen molar-refractivity contribution in [3.63, 3.8) is 0 Å². The molecule has 6 rings (SSSR count). The second-order valence-corrected chi connectivity index (χ2v) is 10.1. The number of para-hydroxylation sites is 1. The molecule has 0 saturated heterocycles. The van der Waals surface area contributed by atoms with Gasteiger partial charge in [-0.15, -0.1) is 0 Å². The molecule has 11 heteroatoms. The van der Waals surface area contributed by atoms with E-state index in [1.165, 1.54) is 4.90 Å². The number of amides is 2. The monoisotopic (exact) mass is 591 g/mol. The Labute approximate surface area is 250 Å². The molecule has 0 spiro atoms. The molecule has 0 radical (unpaired) electrons. The highest BCUT2D eigenvalue weighted by Gasteiger charge is 2.25. The van der Waals surface area contributed by atoms with Crippen LogP contribution in [0.5, 0.6) is 5.88 Å². The van der Waals surface area contributed by atoms with E-state index < -0.39 is 12.2 Å². The average molecular weight is 592 g/mol. The molecule has 0 aliphatic rings. The molecule has 10 nitrogen and oxygen atoms in total. The molecule has 2 aromatic heterocycles. The minimum absolute atomic E-state index is 0.130. The fourth-order valence-corrected chi connectivity index (χ4v) is 5.56. The van der Waals surface area contributed by atoms with Crippen molar-refractivity contribution >= 4 is 63.5 Å². The molecule has 0 saturated carbocycles. The predicted octanol–water partition coefficient (Wildman–Crippen LogP) is 6.93. The van der Waals surface area contributed by atoms with Gasteiger partial charge in [-0.2, -0.15) is 8.75 Å². The highest BCUT2D eigenvalue weighted by atomic mass is 32.1. The smallest absolute Gasteiger partial charge is 0.434 e. The number of aldehydes is 1. The standard InChI is InChI=1S/C32H25N5O5S/c1-2-41-32(40)42-30-29(22-11-8-20(19-38)9-12-22)25-17-24(37(31(33)39)23-6-4-3-5-7-23)13-15-28(25)36(30)18-21-10-14-26-27(16-21)35-43-34-26/h3-17,19H,2,18H2,1H3,(H2,33,39). The number of hydrogen-bond acceptors (Lipinski definition) is 8. The van der Waals surface area contributed by atoms with Crippen molar-refractivity contribution in [2.75, 3.05) is 11.5 Å². The first kappa shape index (κ1) is 27.6. The lowest BCUT2D eigenvalue weighted by atomic mass is 10.0. The van der Waals surface area contributed by atoms with Gasteiger partial charge in [-0.3, -0.25) is 9.69 Å². The van der Waals surface area contributed by atoms with E-state index in [1.54, 1.807) is 49.4 Å². The Morgan fingerprint density at radius 1 is 0.930 bits per heavy atom. The van der Waals surface area contributed by atoms with Crippen molar-refractivity contribution in [3.05, 3.63) is 102 Å². The Hall–Kier alpha value is -5.55. The number of nitrogens with zero attached hydrogens (tertiary/aromatic N) is 4. The summed E-state index contributed by atoms with van der Waals surface area (Å²) in [6, 6.07) is 26.6. The minimum atomic E-state index is -0.861. The third-order valence-corrected chi connectivity index (χ3v) is 7.49. The van der Waals surface area contributed by atoms with Crippen molar-refractivity contribution in [2.45, 2.75) is 13.5 Å². The van der Waals surface area contributed by atoms with Gasteiger partial charge >= 0.3 is 12.2 Å². The molecular formula is C32H25N5O5S. The molecule has 214 valence electrons. The van der Waals surface area contributed by atoms with Gasteiger partial charge in [-0.25, -0.2) is 9.59 Å². The van der Waals surface area contributed by atoms with Crippen LogP contribution in [0.15, 0.2) is 91.0 Å². The van der Waals surface area contributed by atoms with Crippen LogP contribution in [-0.2, 0) is 11.3 Å². The largest absolute Gasteiger partial charge is 0.515 e.